The van der Waals surface area contributed by atoms with Crippen LogP contribution in [0.4, 0.5) is 0 Å². The number of hydrogen-bond donors (Lipinski definition) is 0. The minimum absolute atomic E-state index is 0.0541. The Morgan fingerprint density at radius 1 is 0.368 bits per heavy atom. The minimum Gasteiger partial charge on any atom is -0.309 e. The van der Waals surface area contributed by atoms with Crippen LogP contribution in [0.1, 0.15) is 43.2 Å². The number of hydrogen-bond acceptors (Lipinski definition) is 1. The molecule has 8 aromatic carbocycles. The van der Waals surface area contributed by atoms with Crippen molar-refractivity contribution >= 4 is 75.1 Å². The number of rotatable bonds is 3. The van der Waals surface area contributed by atoms with Crippen molar-refractivity contribution < 1.29 is 0 Å². The monoisotopic (exact) mass is 746 g/mol. The molecule has 3 heterocycles. The number of benzene rings is 8. The van der Waals surface area contributed by atoms with Crippen molar-refractivity contribution in [3.05, 3.63) is 181 Å². The lowest BCUT2D eigenvalue weighted by Crippen LogP contribution is -2.28. The molecule has 57 heavy (non-hydrogen) atoms. The van der Waals surface area contributed by atoms with Crippen LogP contribution in [-0.2, 0) is 5.41 Å². The second-order valence-corrected chi connectivity index (χ2v) is 17.5. The van der Waals surface area contributed by atoms with Gasteiger partial charge >= 0.3 is 0 Å². The van der Waals surface area contributed by atoms with Gasteiger partial charge in [-0.05, 0) is 113 Å². The Morgan fingerprint density at radius 3 is 1.79 bits per heavy atom. The summed E-state index contributed by atoms with van der Waals surface area (Å²) in [5.74, 6) is 0. The zero-order chi connectivity index (χ0) is 37.2. The standard InChI is InChI=1S/C54H38N2S/c1-3-13-36(14-4-1)55-48-18-8-5-15-38(48)40-24-21-35(30-50(40)55)34-22-26-46-43(29-34)44-33-51-45(32-47(44)54(46)27-11-2-12-28-54)39-16-6-9-19-49(39)56(51)37-23-25-42-41-17-7-10-20-52(41)57-53(42)31-37/h1,3-10,13-26,29-33H,2,11-12,27-28H2. The zero-order valence-corrected chi connectivity index (χ0v) is 32.3. The number of para-hydroxylation sites is 3. The van der Waals surface area contributed by atoms with Crippen molar-refractivity contribution in [2.75, 3.05) is 0 Å². The number of thiophene rings is 1. The van der Waals surface area contributed by atoms with E-state index in [9.17, 15) is 0 Å². The molecule has 2 aliphatic carbocycles. The quantitative estimate of drug-likeness (QED) is 0.170. The SMILES string of the molecule is c1ccc(-n2c3ccccc3c3ccc(-c4ccc5c(c4)-c4cc6c(cc4C54CCCCC4)c4ccccc4n6-c4ccc5c(c4)sc4ccccc45)cc32)cc1. The van der Waals surface area contributed by atoms with Gasteiger partial charge in [-0.3, -0.25) is 0 Å². The third kappa shape index (κ3) is 4.41. The summed E-state index contributed by atoms with van der Waals surface area (Å²) in [5.41, 5.74) is 15.9. The molecule has 0 amide bonds. The lowest BCUT2D eigenvalue weighted by Gasteiger charge is -2.36. The highest BCUT2D eigenvalue weighted by Crippen LogP contribution is 2.58. The molecule has 1 spiro atoms. The van der Waals surface area contributed by atoms with Gasteiger partial charge in [-0.2, -0.15) is 0 Å². The highest BCUT2D eigenvalue weighted by molar-refractivity contribution is 7.25. The van der Waals surface area contributed by atoms with Crippen LogP contribution in [-0.4, -0.2) is 9.13 Å². The van der Waals surface area contributed by atoms with Gasteiger partial charge in [0.2, 0.25) is 0 Å². The van der Waals surface area contributed by atoms with Gasteiger partial charge in [0.15, 0.2) is 0 Å². The average molecular weight is 747 g/mol. The lowest BCUT2D eigenvalue weighted by molar-refractivity contribution is 0.353. The summed E-state index contributed by atoms with van der Waals surface area (Å²) in [4.78, 5) is 0. The highest BCUT2D eigenvalue weighted by atomic mass is 32.1. The van der Waals surface area contributed by atoms with Gasteiger partial charge in [-0.15, -0.1) is 11.3 Å². The normalized spacial score (nSPS) is 14.8. The smallest absolute Gasteiger partial charge is 0.0547 e. The Bertz CT molecular complexity index is 3440. The van der Waals surface area contributed by atoms with Crippen LogP contribution >= 0.6 is 11.3 Å². The maximum absolute atomic E-state index is 2.61. The Morgan fingerprint density at radius 2 is 0.965 bits per heavy atom. The van der Waals surface area contributed by atoms with Crippen molar-refractivity contribution in [1.82, 2.24) is 9.13 Å². The first-order chi connectivity index (χ1) is 28.2. The molecule has 3 aromatic heterocycles. The summed E-state index contributed by atoms with van der Waals surface area (Å²) in [6.45, 7) is 0. The molecule has 1 saturated carbocycles. The van der Waals surface area contributed by atoms with Crippen molar-refractivity contribution in [1.29, 1.82) is 0 Å². The topological polar surface area (TPSA) is 9.86 Å². The first kappa shape index (κ1) is 31.7. The van der Waals surface area contributed by atoms with E-state index in [1.165, 1.54) is 141 Å². The van der Waals surface area contributed by atoms with Gasteiger partial charge in [-0.25, -0.2) is 0 Å². The van der Waals surface area contributed by atoms with E-state index in [-0.39, 0.29) is 5.41 Å². The zero-order valence-electron chi connectivity index (χ0n) is 31.5. The second-order valence-electron chi connectivity index (χ2n) is 16.4. The fourth-order valence-electron chi connectivity index (χ4n) is 11.0. The van der Waals surface area contributed by atoms with E-state index in [0.717, 1.165) is 0 Å². The molecule has 2 nitrogen and oxygen atoms in total. The Balaban J connectivity index is 1.04. The maximum Gasteiger partial charge on any atom is 0.0547 e. The predicted molar refractivity (Wildman–Crippen MR) is 243 cm³/mol. The Kier molecular flexibility index (Phi) is 6.57. The van der Waals surface area contributed by atoms with E-state index in [2.05, 4.69) is 179 Å². The third-order valence-electron chi connectivity index (χ3n) is 13.5. The molecule has 13 rings (SSSR count). The van der Waals surface area contributed by atoms with Gasteiger partial charge in [0.25, 0.3) is 0 Å². The fraction of sp³-hybridized carbons (Fsp3) is 0.111. The molecule has 2 aliphatic rings. The van der Waals surface area contributed by atoms with Crippen LogP contribution in [0.3, 0.4) is 0 Å². The van der Waals surface area contributed by atoms with E-state index < -0.39 is 0 Å². The molecule has 1 fully saturated rings. The van der Waals surface area contributed by atoms with Crippen LogP contribution < -0.4 is 0 Å². The molecule has 0 atom stereocenters. The second kappa shape index (κ2) is 11.8. The summed E-state index contributed by atoms with van der Waals surface area (Å²) >= 11 is 1.90. The maximum atomic E-state index is 2.61. The number of nitrogens with zero attached hydrogens (tertiary/aromatic N) is 2. The van der Waals surface area contributed by atoms with E-state index in [0.29, 0.717) is 0 Å². The molecule has 0 N–H and O–H groups in total. The molecule has 0 radical (unpaired) electrons. The Hall–Kier alpha value is -6.42. The first-order valence-electron chi connectivity index (χ1n) is 20.5. The summed E-state index contributed by atoms with van der Waals surface area (Å²) in [5, 5.41) is 7.94. The van der Waals surface area contributed by atoms with E-state index in [4.69, 9.17) is 0 Å². The molecule has 3 heteroatoms. The molecular formula is C54H38N2S. The predicted octanol–water partition coefficient (Wildman–Crippen LogP) is 15.1. The van der Waals surface area contributed by atoms with Gasteiger partial charge in [0.05, 0.1) is 22.1 Å². The van der Waals surface area contributed by atoms with Gasteiger partial charge < -0.3 is 9.13 Å². The first-order valence-corrected chi connectivity index (χ1v) is 21.3. The third-order valence-corrected chi connectivity index (χ3v) is 14.6. The van der Waals surface area contributed by atoms with E-state index in [1.807, 2.05) is 11.3 Å². The molecule has 0 aliphatic heterocycles. The van der Waals surface area contributed by atoms with Crippen LogP contribution in [0.15, 0.2) is 170 Å². The highest BCUT2D eigenvalue weighted by Gasteiger charge is 2.44. The van der Waals surface area contributed by atoms with E-state index >= 15 is 0 Å². The molecular weight excluding hydrogens is 709 g/mol. The molecule has 11 aromatic rings. The Labute approximate surface area is 334 Å². The van der Waals surface area contributed by atoms with Crippen LogP contribution in [0.2, 0.25) is 0 Å². The molecule has 0 bridgehead atoms. The van der Waals surface area contributed by atoms with Crippen LogP contribution in [0.5, 0.6) is 0 Å². The average Bonchev–Trinajstić information content (AvgIpc) is 3.98. The summed E-state index contributed by atoms with van der Waals surface area (Å²) in [7, 11) is 0. The molecule has 270 valence electrons. The minimum atomic E-state index is 0.0541. The fourth-order valence-corrected chi connectivity index (χ4v) is 12.1. The van der Waals surface area contributed by atoms with Crippen molar-refractivity contribution in [3.63, 3.8) is 0 Å². The van der Waals surface area contributed by atoms with Crippen molar-refractivity contribution in [3.8, 4) is 33.6 Å². The van der Waals surface area contributed by atoms with Gasteiger partial charge in [-0.1, -0.05) is 122 Å². The molecule has 0 unspecified atom stereocenters. The van der Waals surface area contributed by atoms with Gasteiger partial charge in [0, 0.05) is 58.5 Å². The summed E-state index contributed by atoms with van der Waals surface area (Å²) < 4.78 is 7.64. The molecule has 0 saturated heterocycles. The van der Waals surface area contributed by atoms with Gasteiger partial charge in [0.1, 0.15) is 0 Å². The lowest BCUT2D eigenvalue weighted by atomic mass is 9.67. The number of aromatic nitrogens is 2. The van der Waals surface area contributed by atoms with Crippen LogP contribution in [0, 0.1) is 0 Å². The summed E-state index contributed by atoms with van der Waals surface area (Å²) in [6, 6.07) is 64.2. The van der Waals surface area contributed by atoms with Crippen molar-refractivity contribution in [2.45, 2.75) is 37.5 Å². The van der Waals surface area contributed by atoms with Crippen molar-refractivity contribution in [2.24, 2.45) is 0 Å². The van der Waals surface area contributed by atoms with E-state index in [1.54, 1.807) is 0 Å². The summed E-state index contributed by atoms with van der Waals surface area (Å²) in [6.07, 6.45) is 6.29. The largest absolute Gasteiger partial charge is 0.309 e. The number of fused-ring (bicyclic) bond motifs is 14. The van der Waals surface area contributed by atoms with Crippen LogP contribution in [0.25, 0.3) is 97.4 Å².